The molecule has 0 saturated heterocycles. The average molecular weight is 286 g/mol. The van der Waals surface area contributed by atoms with Gasteiger partial charge in [0.05, 0.1) is 0 Å². The van der Waals surface area contributed by atoms with Gasteiger partial charge in [-0.15, -0.1) is 0 Å². The Bertz CT molecular complexity index is 475. The van der Waals surface area contributed by atoms with Gasteiger partial charge in [-0.25, -0.2) is 4.79 Å². The van der Waals surface area contributed by atoms with Crippen molar-refractivity contribution in [2.75, 3.05) is 0 Å². The molecule has 1 aromatic heterocycles. The van der Waals surface area contributed by atoms with Gasteiger partial charge < -0.3 is 14.8 Å². The average Bonchev–Trinajstić information content (AvgIpc) is 2.65. The summed E-state index contributed by atoms with van der Waals surface area (Å²) < 4.78 is 5.00. The molecule has 5 nitrogen and oxygen atoms in total. The summed E-state index contributed by atoms with van der Waals surface area (Å²) in [5.41, 5.74) is -1.19. The van der Waals surface area contributed by atoms with Gasteiger partial charge in [0.1, 0.15) is 5.54 Å². The summed E-state index contributed by atoms with van der Waals surface area (Å²) in [5, 5.41) is 12.2. The van der Waals surface area contributed by atoms with E-state index in [9.17, 15) is 14.7 Å². The largest absolute Gasteiger partial charge is 0.480 e. The van der Waals surface area contributed by atoms with Crippen LogP contribution in [0.2, 0.25) is 5.22 Å². The van der Waals surface area contributed by atoms with Crippen LogP contribution in [0.25, 0.3) is 0 Å². The van der Waals surface area contributed by atoms with Crippen molar-refractivity contribution in [3.63, 3.8) is 0 Å². The van der Waals surface area contributed by atoms with Crippen molar-refractivity contribution in [1.82, 2.24) is 5.32 Å². The van der Waals surface area contributed by atoms with Crippen molar-refractivity contribution in [2.45, 2.75) is 44.1 Å². The monoisotopic (exact) mass is 285 g/mol. The first kappa shape index (κ1) is 13.9. The smallest absolute Gasteiger partial charge is 0.329 e. The highest BCUT2D eigenvalue weighted by Crippen LogP contribution is 2.28. The van der Waals surface area contributed by atoms with Crippen LogP contribution in [0.1, 0.15) is 49.1 Å². The number of aliphatic carboxylic acids is 1. The molecule has 1 fully saturated rings. The van der Waals surface area contributed by atoms with E-state index in [4.69, 9.17) is 16.0 Å². The molecule has 0 radical (unpaired) electrons. The molecule has 0 aliphatic heterocycles. The lowest BCUT2D eigenvalue weighted by Crippen LogP contribution is -2.54. The zero-order chi connectivity index (χ0) is 13.9. The van der Waals surface area contributed by atoms with Crippen LogP contribution in [0.15, 0.2) is 16.5 Å². The first-order chi connectivity index (χ1) is 9.03. The summed E-state index contributed by atoms with van der Waals surface area (Å²) in [6, 6.07) is 2.89. The van der Waals surface area contributed by atoms with Crippen LogP contribution in [-0.2, 0) is 4.79 Å². The molecule has 1 heterocycles. The minimum absolute atomic E-state index is 0.0369. The molecule has 1 aliphatic rings. The van der Waals surface area contributed by atoms with Gasteiger partial charge in [0.2, 0.25) is 0 Å². The second kappa shape index (κ2) is 5.65. The molecule has 2 N–H and O–H groups in total. The predicted octanol–water partition coefficient (Wildman–Crippen LogP) is 2.84. The minimum atomic E-state index is -1.19. The van der Waals surface area contributed by atoms with Crippen LogP contribution < -0.4 is 5.32 Å². The molecule has 1 aliphatic carbocycles. The second-order valence-corrected chi connectivity index (χ2v) is 5.23. The van der Waals surface area contributed by atoms with E-state index >= 15 is 0 Å². The molecule has 1 saturated carbocycles. The second-order valence-electron chi connectivity index (χ2n) is 4.86. The quantitative estimate of drug-likeness (QED) is 0.837. The Morgan fingerprint density at radius 3 is 2.32 bits per heavy atom. The summed E-state index contributed by atoms with van der Waals surface area (Å²) >= 11 is 5.61. The summed E-state index contributed by atoms with van der Waals surface area (Å²) in [6.45, 7) is 0. The number of halogens is 1. The molecule has 1 aromatic rings. The van der Waals surface area contributed by atoms with Gasteiger partial charge in [0.25, 0.3) is 5.91 Å². The van der Waals surface area contributed by atoms with Gasteiger partial charge in [-0.3, -0.25) is 4.79 Å². The van der Waals surface area contributed by atoms with Crippen molar-refractivity contribution in [2.24, 2.45) is 0 Å². The number of amides is 1. The van der Waals surface area contributed by atoms with E-state index in [0.29, 0.717) is 12.8 Å². The number of hydrogen-bond donors (Lipinski definition) is 2. The van der Waals surface area contributed by atoms with Gasteiger partial charge in [-0.1, -0.05) is 25.7 Å². The summed E-state index contributed by atoms with van der Waals surface area (Å²) in [4.78, 5) is 23.6. The first-order valence-corrected chi connectivity index (χ1v) is 6.72. The number of nitrogens with one attached hydrogen (secondary N) is 1. The lowest BCUT2D eigenvalue weighted by atomic mass is 9.90. The Morgan fingerprint density at radius 1 is 1.21 bits per heavy atom. The van der Waals surface area contributed by atoms with Gasteiger partial charge in [-0.2, -0.15) is 0 Å². The predicted molar refractivity (Wildman–Crippen MR) is 69.3 cm³/mol. The fraction of sp³-hybridized carbons (Fsp3) is 0.538. The number of hydrogen-bond acceptors (Lipinski definition) is 3. The lowest BCUT2D eigenvalue weighted by molar-refractivity contribution is -0.145. The van der Waals surface area contributed by atoms with Crippen molar-refractivity contribution in [3.05, 3.63) is 23.1 Å². The Labute approximate surface area is 115 Å². The standard InChI is InChI=1S/C13H16ClNO4/c14-10-6-5-9(19-10)11(16)15-13(12(17)18)7-3-1-2-4-8-13/h5-6H,1-4,7-8H2,(H,15,16)(H,17,18). The SMILES string of the molecule is O=C(NC1(C(=O)O)CCCCCC1)c1ccc(Cl)o1. The number of carboxylic acids is 1. The molecule has 0 aromatic carbocycles. The highest BCUT2D eigenvalue weighted by molar-refractivity contribution is 6.29. The zero-order valence-corrected chi connectivity index (χ0v) is 11.2. The molecule has 0 bridgehead atoms. The lowest BCUT2D eigenvalue weighted by Gasteiger charge is -2.28. The van der Waals surface area contributed by atoms with Gasteiger partial charge in [-0.05, 0) is 36.6 Å². The van der Waals surface area contributed by atoms with E-state index < -0.39 is 17.4 Å². The third kappa shape index (κ3) is 3.10. The Hall–Kier alpha value is -1.49. The molecule has 0 atom stereocenters. The maximum Gasteiger partial charge on any atom is 0.329 e. The van der Waals surface area contributed by atoms with E-state index in [1.165, 1.54) is 12.1 Å². The Kier molecular flexibility index (Phi) is 4.14. The molecular formula is C13H16ClNO4. The first-order valence-electron chi connectivity index (χ1n) is 6.35. The van der Waals surface area contributed by atoms with Gasteiger partial charge >= 0.3 is 5.97 Å². The van der Waals surface area contributed by atoms with Crippen LogP contribution in [0.5, 0.6) is 0 Å². The number of rotatable bonds is 3. The van der Waals surface area contributed by atoms with Crippen LogP contribution in [-0.4, -0.2) is 22.5 Å². The highest BCUT2D eigenvalue weighted by Gasteiger charge is 2.40. The van der Waals surface area contributed by atoms with Gasteiger partial charge in [0, 0.05) is 0 Å². The van der Waals surface area contributed by atoms with Crippen LogP contribution in [0.4, 0.5) is 0 Å². The maximum atomic E-state index is 12.0. The van der Waals surface area contributed by atoms with Crippen molar-refractivity contribution < 1.29 is 19.1 Å². The number of carboxylic acid groups (broad SMARTS) is 1. The summed E-state index contributed by atoms with van der Waals surface area (Å²) in [6.07, 6.45) is 4.48. The van der Waals surface area contributed by atoms with E-state index in [2.05, 4.69) is 5.32 Å². The molecule has 1 amide bonds. The topological polar surface area (TPSA) is 79.5 Å². The van der Waals surface area contributed by atoms with Crippen molar-refractivity contribution in [3.8, 4) is 0 Å². The fourth-order valence-electron chi connectivity index (χ4n) is 2.44. The van der Waals surface area contributed by atoms with E-state index in [0.717, 1.165) is 25.7 Å². The van der Waals surface area contributed by atoms with E-state index in [1.54, 1.807) is 0 Å². The van der Waals surface area contributed by atoms with Crippen LogP contribution in [0, 0.1) is 0 Å². The zero-order valence-electron chi connectivity index (χ0n) is 10.4. The van der Waals surface area contributed by atoms with Crippen molar-refractivity contribution in [1.29, 1.82) is 0 Å². The van der Waals surface area contributed by atoms with Crippen molar-refractivity contribution >= 4 is 23.5 Å². The molecule has 104 valence electrons. The van der Waals surface area contributed by atoms with Crippen LogP contribution in [0.3, 0.4) is 0 Å². The molecular weight excluding hydrogens is 270 g/mol. The molecule has 19 heavy (non-hydrogen) atoms. The maximum absolute atomic E-state index is 12.0. The van der Waals surface area contributed by atoms with Crippen LogP contribution >= 0.6 is 11.6 Å². The normalized spacial score (nSPS) is 18.6. The number of furan rings is 1. The highest BCUT2D eigenvalue weighted by atomic mass is 35.5. The number of carbonyl (C=O) groups excluding carboxylic acids is 1. The summed E-state index contributed by atoms with van der Waals surface area (Å²) in [5.74, 6) is -1.48. The Balaban J connectivity index is 2.16. The fourth-order valence-corrected chi connectivity index (χ4v) is 2.59. The molecule has 2 rings (SSSR count). The molecule has 0 unspecified atom stereocenters. The molecule has 0 spiro atoms. The molecule has 6 heteroatoms. The number of carbonyl (C=O) groups is 2. The van der Waals surface area contributed by atoms with Gasteiger partial charge in [0.15, 0.2) is 11.0 Å². The Morgan fingerprint density at radius 2 is 1.84 bits per heavy atom. The third-order valence-corrected chi connectivity index (χ3v) is 3.72. The summed E-state index contributed by atoms with van der Waals surface area (Å²) in [7, 11) is 0. The van der Waals surface area contributed by atoms with E-state index in [-0.39, 0.29) is 11.0 Å². The minimum Gasteiger partial charge on any atom is -0.480 e. The third-order valence-electron chi connectivity index (χ3n) is 3.52. The van der Waals surface area contributed by atoms with E-state index in [1.807, 2.05) is 0 Å².